The number of anilines is 1. The molecule has 2 saturated heterocycles. The molecule has 5 amide bonds. The highest BCUT2D eigenvalue weighted by Gasteiger charge is 2.45. The third-order valence-corrected chi connectivity index (χ3v) is 14.0. The molecule has 1 unspecified atom stereocenters. The van der Waals surface area contributed by atoms with Gasteiger partial charge in [0.2, 0.25) is 17.7 Å². The van der Waals surface area contributed by atoms with Gasteiger partial charge < -0.3 is 15.0 Å². The molecule has 14 nitrogen and oxygen atoms in total. The number of hydrogen-bond donors (Lipinski definition) is 2. The number of ether oxygens (including phenoxy) is 1. The van der Waals surface area contributed by atoms with Crippen molar-refractivity contribution in [3.63, 3.8) is 0 Å². The van der Waals surface area contributed by atoms with Crippen LogP contribution >= 0.6 is 11.6 Å². The fraction of sp³-hybridized carbons (Fsp3) is 0.400. The molecule has 0 radical (unpaired) electrons. The second kappa shape index (κ2) is 17.7. The molecule has 3 aromatic carbocycles. The number of amides is 5. The fourth-order valence-corrected chi connectivity index (χ4v) is 9.71. The monoisotopic (exact) mass is 868 g/mol. The summed E-state index contributed by atoms with van der Waals surface area (Å²) in [5, 5.41) is 5.03. The Balaban J connectivity index is 1.01. The van der Waals surface area contributed by atoms with Crippen molar-refractivity contribution in [2.75, 3.05) is 25.0 Å². The molecule has 0 saturated carbocycles. The second-order valence-electron chi connectivity index (χ2n) is 16.3. The molecule has 2 fully saturated rings. The van der Waals surface area contributed by atoms with Crippen molar-refractivity contribution in [2.24, 2.45) is 0 Å². The average molecular weight is 869 g/mol. The summed E-state index contributed by atoms with van der Waals surface area (Å²) in [4.78, 5) is 76.7. The van der Waals surface area contributed by atoms with Crippen LogP contribution in [0.4, 0.5) is 5.69 Å². The first-order valence-electron chi connectivity index (χ1n) is 20.5. The Labute approximate surface area is 360 Å². The zero-order valence-corrected chi connectivity index (χ0v) is 36.4. The molecule has 1 aromatic heterocycles. The number of aromatic nitrogens is 2. The molecular formula is C45H49ClN6O8S. The van der Waals surface area contributed by atoms with Crippen molar-refractivity contribution in [1.82, 2.24) is 25.1 Å². The molecule has 0 spiro atoms. The van der Waals surface area contributed by atoms with Gasteiger partial charge in [-0.1, -0.05) is 41.9 Å². The minimum atomic E-state index is -3.53. The van der Waals surface area contributed by atoms with E-state index in [1.807, 2.05) is 13.8 Å². The zero-order valence-electron chi connectivity index (χ0n) is 34.8. The van der Waals surface area contributed by atoms with Crippen LogP contribution in [0.1, 0.15) is 114 Å². The number of halogens is 1. The number of benzene rings is 3. The molecule has 4 aromatic rings. The van der Waals surface area contributed by atoms with Crippen LogP contribution in [0.3, 0.4) is 0 Å². The minimum Gasteiger partial charge on any atom is -0.491 e. The van der Waals surface area contributed by atoms with Crippen molar-refractivity contribution in [3.05, 3.63) is 111 Å². The van der Waals surface area contributed by atoms with Crippen LogP contribution in [-0.4, -0.2) is 94.8 Å². The first-order valence-corrected chi connectivity index (χ1v) is 22.4. The fourth-order valence-electron chi connectivity index (χ4n) is 8.27. The molecule has 16 heteroatoms. The lowest BCUT2D eigenvalue weighted by molar-refractivity contribution is -0.136. The Kier molecular flexibility index (Phi) is 12.6. The number of carbonyl (C=O) groups is 5. The minimum absolute atomic E-state index is 0.0212. The van der Waals surface area contributed by atoms with E-state index in [4.69, 9.17) is 21.3 Å². The van der Waals surface area contributed by atoms with Crippen molar-refractivity contribution in [3.8, 4) is 5.75 Å². The van der Waals surface area contributed by atoms with Gasteiger partial charge in [0.25, 0.3) is 11.8 Å². The third kappa shape index (κ3) is 9.03. The van der Waals surface area contributed by atoms with Gasteiger partial charge >= 0.3 is 0 Å². The maximum atomic E-state index is 13.5. The van der Waals surface area contributed by atoms with E-state index < -0.39 is 44.8 Å². The van der Waals surface area contributed by atoms with Crippen molar-refractivity contribution in [2.45, 2.75) is 101 Å². The van der Waals surface area contributed by atoms with Crippen molar-refractivity contribution >= 4 is 56.7 Å². The van der Waals surface area contributed by atoms with E-state index in [2.05, 4.69) is 34.7 Å². The number of sulfone groups is 1. The van der Waals surface area contributed by atoms with Gasteiger partial charge in [-0.25, -0.2) is 18.4 Å². The summed E-state index contributed by atoms with van der Waals surface area (Å²) in [5.74, 6) is -1.14. The number of likely N-dealkylation sites (tertiary alicyclic amines) is 1. The number of aryl methyl sites for hydroxylation is 1. The van der Waals surface area contributed by atoms with Crippen LogP contribution in [0.5, 0.6) is 5.75 Å². The molecule has 2 N–H and O–H groups in total. The summed E-state index contributed by atoms with van der Waals surface area (Å²) >= 11 is 6.58. The van der Waals surface area contributed by atoms with Crippen LogP contribution in [-0.2, 0) is 37.1 Å². The lowest BCUT2D eigenvalue weighted by Crippen LogP contribution is -2.54. The molecular weight excluding hydrogens is 820 g/mol. The highest BCUT2D eigenvalue weighted by molar-refractivity contribution is 7.92. The molecule has 1 atom stereocenters. The Morgan fingerprint density at radius 1 is 0.951 bits per heavy atom. The van der Waals surface area contributed by atoms with Gasteiger partial charge in [-0.05, 0) is 101 Å². The third-order valence-electron chi connectivity index (χ3n) is 11.5. The van der Waals surface area contributed by atoms with Gasteiger partial charge in [0.05, 0.1) is 44.6 Å². The molecule has 7 rings (SSSR count). The highest BCUT2D eigenvalue weighted by Crippen LogP contribution is 2.37. The lowest BCUT2D eigenvalue weighted by atomic mass is 9.85. The number of nitrogens with zero attached hydrogens (tertiary/aromatic N) is 4. The van der Waals surface area contributed by atoms with Gasteiger partial charge in [-0.15, -0.1) is 0 Å². The summed E-state index contributed by atoms with van der Waals surface area (Å²) in [5.41, 5.74) is 4.81. The second-order valence-corrected chi connectivity index (χ2v) is 19.2. The summed E-state index contributed by atoms with van der Waals surface area (Å²) in [6, 6.07) is 14.8. The smallest absolute Gasteiger partial charge is 0.264 e. The van der Waals surface area contributed by atoms with Gasteiger partial charge in [-0.2, -0.15) is 0 Å². The van der Waals surface area contributed by atoms with Crippen LogP contribution in [0.25, 0.3) is 0 Å². The first kappa shape index (κ1) is 43.4. The zero-order chi connectivity index (χ0) is 43.7. The molecule has 320 valence electrons. The van der Waals surface area contributed by atoms with Crippen LogP contribution in [0.2, 0.25) is 5.02 Å². The summed E-state index contributed by atoms with van der Waals surface area (Å²) in [6.45, 7) is 10.2. The number of rotatable bonds is 13. The molecule has 0 aliphatic carbocycles. The Bertz CT molecular complexity index is 2540. The predicted molar refractivity (Wildman–Crippen MR) is 229 cm³/mol. The predicted octanol–water partition coefficient (Wildman–Crippen LogP) is 5.81. The van der Waals surface area contributed by atoms with E-state index in [1.54, 1.807) is 61.3 Å². The molecule has 4 heterocycles. The van der Waals surface area contributed by atoms with Crippen LogP contribution < -0.4 is 15.4 Å². The number of fused-ring (bicyclic) bond motifs is 1. The van der Waals surface area contributed by atoms with E-state index in [9.17, 15) is 32.4 Å². The van der Waals surface area contributed by atoms with Crippen molar-refractivity contribution in [1.29, 1.82) is 0 Å². The Morgan fingerprint density at radius 2 is 1.69 bits per heavy atom. The standard InChI is InChI=1S/C45H49ClN6O8S/c1-25(2)60-37-22-32(27(5)19-30(37)21-39-48-23-33(46)35(49-39)20-29-9-6-7-12-38(29)61(58,59)26(3)4)28-15-17-51(18-16-28)41(54)24-47-34-11-8-10-31-42(34)45(57)52(44(31)56)36-13-14-40(53)50-43(36)55/h6-12,19,22-23,25-26,28,36,47H,13-18,20-21,24H2,1-5H3,(H,50,53,55). The first-order chi connectivity index (χ1) is 29.0. The normalized spacial score (nSPS) is 17.3. The molecule has 61 heavy (non-hydrogen) atoms. The SMILES string of the molecule is Cc1cc(Cc2ncc(Cl)c(Cc3ccccc3S(=O)(=O)C(C)C)n2)c(OC(C)C)cc1C1CCN(C(=O)CNc2cccc3c2C(=O)N(C2CCC(=O)NC2=O)C3=O)CC1. The van der Waals surface area contributed by atoms with Gasteiger partial charge in [0.1, 0.15) is 17.6 Å². The number of piperidine rings is 2. The maximum Gasteiger partial charge on any atom is 0.264 e. The Hall–Kier alpha value is -5.67. The number of imide groups is 2. The van der Waals surface area contributed by atoms with Gasteiger partial charge in [-0.3, -0.25) is 34.2 Å². The number of nitrogens with one attached hydrogen (secondary N) is 2. The van der Waals surface area contributed by atoms with Crippen LogP contribution in [0.15, 0.2) is 65.7 Å². The average Bonchev–Trinajstić information content (AvgIpc) is 3.48. The molecule has 3 aliphatic heterocycles. The topological polar surface area (TPSA) is 185 Å². The lowest BCUT2D eigenvalue weighted by Gasteiger charge is -2.33. The number of hydrogen-bond acceptors (Lipinski definition) is 11. The maximum absolute atomic E-state index is 13.5. The van der Waals surface area contributed by atoms with E-state index in [-0.39, 0.29) is 59.8 Å². The summed E-state index contributed by atoms with van der Waals surface area (Å²) in [7, 11) is -3.53. The van der Waals surface area contributed by atoms with Crippen molar-refractivity contribution < 1.29 is 37.1 Å². The van der Waals surface area contributed by atoms with E-state index in [0.717, 1.165) is 34.4 Å². The van der Waals surface area contributed by atoms with E-state index in [0.29, 0.717) is 53.1 Å². The quantitative estimate of drug-likeness (QED) is 0.155. The Morgan fingerprint density at radius 3 is 2.39 bits per heavy atom. The molecule has 0 bridgehead atoms. The van der Waals surface area contributed by atoms with Crippen LogP contribution in [0, 0.1) is 6.92 Å². The molecule has 3 aliphatic rings. The summed E-state index contributed by atoms with van der Waals surface area (Å²) in [6.07, 6.45) is 3.54. The number of carbonyl (C=O) groups excluding carboxylic acids is 5. The van der Waals surface area contributed by atoms with Gasteiger partial charge in [0, 0.05) is 49.8 Å². The van der Waals surface area contributed by atoms with E-state index in [1.165, 1.54) is 6.07 Å². The highest BCUT2D eigenvalue weighted by atomic mass is 35.5. The van der Waals surface area contributed by atoms with Gasteiger partial charge in [0.15, 0.2) is 9.84 Å². The largest absolute Gasteiger partial charge is 0.491 e. The van der Waals surface area contributed by atoms with E-state index >= 15 is 0 Å². The summed E-state index contributed by atoms with van der Waals surface area (Å²) < 4.78 is 32.6.